The summed E-state index contributed by atoms with van der Waals surface area (Å²) in [5.74, 6) is 0.0308. The molecule has 2 aromatic carbocycles. The molecule has 0 aliphatic carbocycles. The average Bonchev–Trinajstić information content (AvgIpc) is 2.61. The van der Waals surface area contributed by atoms with Gasteiger partial charge in [0.05, 0.1) is 24.8 Å². The van der Waals surface area contributed by atoms with Crippen LogP contribution in [0.3, 0.4) is 0 Å². The number of rotatable bonds is 6. The Morgan fingerprint density at radius 2 is 1.76 bits per heavy atom. The molecule has 2 rings (SSSR count). The summed E-state index contributed by atoms with van der Waals surface area (Å²) in [5, 5.41) is 3.12. The molecule has 0 unspecified atom stereocenters. The van der Waals surface area contributed by atoms with E-state index in [1.54, 1.807) is 18.2 Å². The lowest BCUT2D eigenvalue weighted by Crippen LogP contribution is -2.25. The van der Waals surface area contributed by atoms with Gasteiger partial charge in [-0.15, -0.1) is 0 Å². The normalized spacial score (nSPS) is 11.4. The summed E-state index contributed by atoms with van der Waals surface area (Å²) in [6, 6.07) is 10.3. The Labute approximate surface area is 151 Å². The van der Waals surface area contributed by atoms with Crippen LogP contribution in [0, 0.1) is 0 Å². The summed E-state index contributed by atoms with van der Waals surface area (Å²) in [4.78, 5) is 17.1. The minimum atomic E-state index is -3.76. The first-order chi connectivity index (χ1) is 11.8. The van der Waals surface area contributed by atoms with Crippen LogP contribution in [0.15, 0.2) is 47.4 Å². The molecule has 25 heavy (non-hydrogen) atoms. The summed E-state index contributed by atoms with van der Waals surface area (Å²) in [7, 11) is 0.239. The number of hydrogen-bond acceptors (Lipinski definition) is 5. The van der Waals surface area contributed by atoms with Gasteiger partial charge in [0.15, 0.2) is 0 Å². The number of hydrogen-bond donors (Lipinski definition) is 1. The zero-order valence-corrected chi connectivity index (χ0v) is 15.4. The van der Waals surface area contributed by atoms with Crippen molar-refractivity contribution >= 4 is 33.2 Å². The lowest BCUT2D eigenvalue weighted by Gasteiger charge is -2.14. The van der Waals surface area contributed by atoms with Crippen LogP contribution in [-0.2, 0) is 14.9 Å². The van der Waals surface area contributed by atoms with Gasteiger partial charge in [-0.25, -0.2) is 8.42 Å². The summed E-state index contributed by atoms with van der Waals surface area (Å²) in [5.41, 5.74) is 0.692. The molecule has 1 amide bonds. The fraction of sp³-hybridized carbons (Fsp3) is 0.188. The zero-order chi connectivity index (χ0) is 18.6. The first-order valence-electron chi connectivity index (χ1n) is 7.07. The van der Waals surface area contributed by atoms with Gasteiger partial charge < -0.3 is 10.1 Å². The minimum absolute atomic E-state index is 0.00809. The standard InChI is InChI=1S/C16H17ClN2O5S/c1-19(24-3)25(21,22)13-7-4-11(5-8-13)16(20)18-14-10-12(17)6-9-15(14)23-2/h4-10H,1-3H3,(H,18,20). The second-order valence-corrected chi connectivity index (χ2v) is 7.29. The minimum Gasteiger partial charge on any atom is -0.495 e. The smallest absolute Gasteiger partial charge is 0.264 e. The van der Waals surface area contributed by atoms with Crippen LogP contribution in [0.4, 0.5) is 5.69 Å². The molecule has 0 heterocycles. The van der Waals surface area contributed by atoms with E-state index in [4.69, 9.17) is 21.2 Å². The van der Waals surface area contributed by atoms with Crippen LogP contribution in [0.1, 0.15) is 10.4 Å². The number of benzene rings is 2. The van der Waals surface area contributed by atoms with Crippen molar-refractivity contribution in [1.82, 2.24) is 4.47 Å². The van der Waals surface area contributed by atoms with Gasteiger partial charge in [-0.3, -0.25) is 9.63 Å². The summed E-state index contributed by atoms with van der Waals surface area (Å²) in [6.45, 7) is 0. The third kappa shape index (κ3) is 4.29. The van der Waals surface area contributed by atoms with Gasteiger partial charge in [0.25, 0.3) is 15.9 Å². The number of sulfonamides is 1. The molecular formula is C16H17ClN2O5S. The van der Waals surface area contributed by atoms with E-state index in [1.165, 1.54) is 45.5 Å². The molecule has 0 saturated carbocycles. The van der Waals surface area contributed by atoms with Gasteiger partial charge in [-0.2, -0.15) is 0 Å². The van der Waals surface area contributed by atoms with Gasteiger partial charge >= 0.3 is 0 Å². The fourth-order valence-electron chi connectivity index (χ4n) is 2.00. The number of anilines is 1. The van der Waals surface area contributed by atoms with E-state index >= 15 is 0 Å². The second kappa shape index (κ2) is 7.83. The summed E-state index contributed by atoms with van der Waals surface area (Å²) in [6.07, 6.45) is 0. The molecule has 0 bridgehead atoms. The van der Waals surface area contributed by atoms with Gasteiger partial charge in [-0.05, 0) is 42.5 Å². The molecule has 134 valence electrons. The number of nitrogens with one attached hydrogen (secondary N) is 1. The fourth-order valence-corrected chi connectivity index (χ4v) is 3.14. The molecule has 0 radical (unpaired) electrons. The topological polar surface area (TPSA) is 84.9 Å². The average molecular weight is 385 g/mol. The van der Waals surface area contributed by atoms with Crippen molar-refractivity contribution in [2.24, 2.45) is 0 Å². The third-order valence-corrected chi connectivity index (χ3v) is 5.35. The number of methoxy groups -OCH3 is 1. The van der Waals surface area contributed by atoms with Crippen LogP contribution in [0.25, 0.3) is 0 Å². The van der Waals surface area contributed by atoms with E-state index in [0.29, 0.717) is 16.5 Å². The Kier molecular flexibility index (Phi) is 6.02. The first kappa shape index (κ1) is 19.2. The van der Waals surface area contributed by atoms with Crippen molar-refractivity contribution in [3.8, 4) is 5.75 Å². The van der Waals surface area contributed by atoms with E-state index in [0.717, 1.165) is 4.47 Å². The van der Waals surface area contributed by atoms with E-state index < -0.39 is 15.9 Å². The Balaban J connectivity index is 2.23. The Morgan fingerprint density at radius 1 is 1.12 bits per heavy atom. The number of hydroxylamine groups is 1. The van der Waals surface area contributed by atoms with E-state index in [2.05, 4.69) is 5.32 Å². The van der Waals surface area contributed by atoms with E-state index in [1.807, 2.05) is 0 Å². The predicted molar refractivity (Wildman–Crippen MR) is 94.4 cm³/mol. The molecule has 0 aliphatic heterocycles. The molecule has 7 nitrogen and oxygen atoms in total. The van der Waals surface area contributed by atoms with Crippen LogP contribution in [0.2, 0.25) is 5.02 Å². The molecule has 9 heteroatoms. The van der Waals surface area contributed by atoms with Gasteiger partial charge in [-0.1, -0.05) is 16.1 Å². The Hall–Kier alpha value is -2.13. The van der Waals surface area contributed by atoms with Crippen molar-refractivity contribution < 1.29 is 22.8 Å². The van der Waals surface area contributed by atoms with Crippen molar-refractivity contribution in [1.29, 1.82) is 0 Å². The molecule has 0 aliphatic rings. The summed E-state index contributed by atoms with van der Waals surface area (Å²) < 4.78 is 30.2. The number of ether oxygens (including phenoxy) is 1. The molecule has 0 fully saturated rings. The number of amides is 1. The predicted octanol–water partition coefficient (Wildman–Crippen LogP) is 2.78. The van der Waals surface area contributed by atoms with Crippen molar-refractivity contribution in [2.45, 2.75) is 4.90 Å². The zero-order valence-electron chi connectivity index (χ0n) is 13.8. The van der Waals surface area contributed by atoms with Crippen LogP contribution < -0.4 is 10.1 Å². The number of halogens is 1. The highest BCUT2D eigenvalue weighted by Gasteiger charge is 2.21. The third-order valence-electron chi connectivity index (χ3n) is 3.42. The largest absolute Gasteiger partial charge is 0.495 e. The molecule has 0 saturated heterocycles. The molecule has 0 atom stereocenters. The molecule has 1 N–H and O–H groups in total. The first-order valence-corrected chi connectivity index (χ1v) is 8.89. The number of carbonyl (C=O) groups is 1. The van der Waals surface area contributed by atoms with Crippen LogP contribution in [0.5, 0.6) is 5.75 Å². The maximum atomic E-state index is 12.4. The SMILES string of the molecule is COc1ccc(Cl)cc1NC(=O)c1ccc(S(=O)(=O)N(C)OC)cc1. The highest BCUT2D eigenvalue weighted by atomic mass is 35.5. The lowest BCUT2D eigenvalue weighted by atomic mass is 10.2. The van der Waals surface area contributed by atoms with Gasteiger partial charge in [0.1, 0.15) is 5.75 Å². The number of carbonyl (C=O) groups excluding carboxylic acids is 1. The molecule has 0 aromatic heterocycles. The molecular weight excluding hydrogens is 368 g/mol. The number of nitrogens with zero attached hydrogens (tertiary/aromatic N) is 1. The van der Waals surface area contributed by atoms with Gasteiger partial charge in [0, 0.05) is 17.6 Å². The molecule has 0 spiro atoms. The summed E-state index contributed by atoms with van der Waals surface area (Å²) >= 11 is 5.93. The second-order valence-electron chi connectivity index (χ2n) is 4.92. The quantitative estimate of drug-likeness (QED) is 0.774. The monoisotopic (exact) mass is 384 g/mol. The highest BCUT2D eigenvalue weighted by molar-refractivity contribution is 7.89. The lowest BCUT2D eigenvalue weighted by molar-refractivity contribution is -0.0258. The molecule has 2 aromatic rings. The maximum absolute atomic E-state index is 12.4. The Morgan fingerprint density at radius 3 is 2.32 bits per heavy atom. The van der Waals surface area contributed by atoms with E-state index in [-0.39, 0.29) is 10.5 Å². The van der Waals surface area contributed by atoms with E-state index in [9.17, 15) is 13.2 Å². The highest BCUT2D eigenvalue weighted by Crippen LogP contribution is 2.28. The van der Waals surface area contributed by atoms with Crippen molar-refractivity contribution in [3.63, 3.8) is 0 Å². The van der Waals surface area contributed by atoms with Crippen LogP contribution >= 0.6 is 11.6 Å². The maximum Gasteiger partial charge on any atom is 0.264 e. The van der Waals surface area contributed by atoms with Crippen molar-refractivity contribution in [2.75, 3.05) is 26.6 Å². The van der Waals surface area contributed by atoms with Crippen molar-refractivity contribution in [3.05, 3.63) is 53.1 Å². The van der Waals surface area contributed by atoms with Crippen LogP contribution in [-0.4, -0.2) is 40.1 Å². The van der Waals surface area contributed by atoms with Gasteiger partial charge in [0.2, 0.25) is 0 Å². The Bertz CT molecular complexity index is 869.